The van der Waals surface area contributed by atoms with Gasteiger partial charge in [-0.3, -0.25) is 9.47 Å². The first-order valence-electron chi connectivity index (χ1n) is 11.9. The molecule has 1 saturated carbocycles. The highest BCUT2D eigenvalue weighted by molar-refractivity contribution is 7.92. The van der Waals surface area contributed by atoms with Crippen molar-refractivity contribution in [1.82, 2.24) is 23.6 Å². The van der Waals surface area contributed by atoms with Crippen LogP contribution in [0.25, 0.3) is 6.08 Å². The Bertz CT molecular complexity index is 1140. The van der Waals surface area contributed by atoms with Crippen LogP contribution in [-0.2, 0) is 16.7 Å². The lowest BCUT2D eigenvalue weighted by molar-refractivity contribution is 0.145. The van der Waals surface area contributed by atoms with Crippen molar-refractivity contribution in [3.63, 3.8) is 0 Å². The maximum absolute atomic E-state index is 12.8. The number of hydrogen-bond donors (Lipinski definition) is 0. The summed E-state index contributed by atoms with van der Waals surface area (Å²) in [6, 6.07) is 10.00. The molecule has 0 unspecified atom stereocenters. The zero-order valence-corrected chi connectivity index (χ0v) is 20.6. The molecule has 0 amide bonds. The predicted octanol–water partition coefficient (Wildman–Crippen LogP) is 3.32. The maximum Gasteiger partial charge on any atom is 0.236 e. The van der Waals surface area contributed by atoms with Gasteiger partial charge in [0.1, 0.15) is 0 Å². The van der Waals surface area contributed by atoms with Crippen LogP contribution in [0.15, 0.2) is 35.7 Å². The van der Waals surface area contributed by atoms with Crippen LogP contribution in [0.4, 0.5) is 5.95 Å². The SMILES string of the molecule is O=S(=O)(/C=C/c1ccccc1)N1CCN(Cn2nc(N3CCCCC3)n(C3CC3)c2=S)CC1. The van der Waals surface area contributed by atoms with Crippen molar-refractivity contribution >= 4 is 34.3 Å². The molecule has 2 aliphatic heterocycles. The molecule has 3 fully saturated rings. The van der Waals surface area contributed by atoms with Crippen LogP contribution in [0.3, 0.4) is 0 Å². The molecule has 10 heteroatoms. The van der Waals surface area contributed by atoms with Crippen LogP contribution < -0.4 is 4.90 Å². The summed E-state index contributed by atoms with van der Waals surface area (Å²) >= 11 is 5.82. The molecule has 0 atom stereocenters. The van der Waals surface area contributed by atoms with Crippen molar-refractivity contribution in [3.8, 4) is 0 Å². The molecule has 33 heavy (non-hydrogen) atoms. The van der Waals surface area contributed by atoms with Gasteiger partial charge in [-0.15, -0.1) is 5.10 Å². The van der Waals surface area contributed by atoms with Crippen LogP contribution >= 0.6 is 12.2 Å². The van der Waals surface area contributed by atoms with Crippen LogP contribution in [-0.4, -0.2) is 71.2 Å². The average Bonchev–Trinajstić information content (AvgIpc) is 3.63. The molecule has 0 bridgehead atoms. The molecule has 0 radical (unpaired) electrons. The van der Waals surface area contributed by atoms with Gasteiger partial charge in [0.25, 0.3) is 0 Å². The highest BCUT2D eigenvalue weighted by Gasteiger charge is 2.32. The molecule has 1 aliphatic carbocycles. The summed E-state index contributed by atoms with van der Waals surface area (Å²) in [5, 5.41) is 6.25. The third kappa shape index (κ3) is 5.24. The van der Waals surface area contributed by atoms with Crippen LogP contribution in [0.5, 0.6) is 0 Å². The molecule has 178 valence electrons. The monoisotopic (exact) mass is 488 g/mol. The number of hydrogen-bond acceptors (Lipinski definition) is 6. The summed E-state index contributed by atoms with van der Waals surface area (Å²) in [7, 11) is -3.43. The Morgan fingerprint density at radius 3 is 2.33 bits per heavy atom. The minimum absolute atomic E-state index is 0.469. The Hall–Kier alpha value is -2.01. The van der Waals surface area contributed by atoms with Gasteiger partial charge >= 0.3 is 0 Å². The molecule has 0 N–H and O–H groups in total. The van der Waals surface area contributed by atoms with Gasteiger partial charge in [-0.05, 0) is 56.0 Å². The Morgan fingerprint density at radius 2 is 1.67 bits per heavy atom. The second-order valence-corrected chi connectivity index (χ2v) is 11.3. The summed E-state index contributed by atoms with van der Waals surface area (Å²) in [6.07, 6.45) is 7.71. The number of piperidine rings is 1. The van der Waals surface area contributed by atoms with Crippen LogP contribution in [0, 0.1) is 4.77 Å². The van der Waals surface area contributed by atoms with E-state index in [1.807, 2.05) is 35.0 Å². The highest BCUT2D eigenvalue weighted by Crippen LogP contribution is 2.38. The topological polar surface area (TPSA) is 66.6 Å². The van der Waals surface area contributed by atoms with E-state index < -0.39 is 10.0 Å². The van der Waals surface area contributed by atoms with Crippen molar-refractivity contribution < 1.29 is 8.42 Å². The van der Waals surface area contributed by atoms with Crippen LogP contribution in [0.2, 0.25) is 0 Å². The van der Waals surface area contributed by atoms with Gasteiger partial charge in [0.2, 0.25) is 20.7 Å². The van der Waals surface area contributed by atoms with Gasteiger partial charge in [0.15, 0.2) is 0 Å². The van der Waals surface area contributed by atoms with Gasteiger partial charge in [-0.1, -0.05) is 30.3 Å². The molecule has 2 aromatic rings. The lowest BCUT2D eigenvalue weighted by Crippen LogP contribution is -2.48. The first-order valence-corrected chi connectivity index (χ1v) is 13.8. The normalized spacial score (nSPS) is 21.2. The lowest BCUT2D eigenvalue weighted by atomic mass is 10.1. The molecule has 3 heterocycles. The van der Waals surface area contributed by atoms with Crippen LogP contribution in [0.1, 0.15) is 43.7 Å². The van der Waals surface area contributed by atoms with Gasteiger partial charge in [-0.25, -0.2) is 13.1 Å². The minimum atomic E-state index is -3.43. The Kier molecular flexibility index (Phi) is 6.69. The number of nitrogens with zero attached hydrogens (tertiary/aromatic N) is 6. The fourth-order valence-corrected chi connectivity index (χ4v) is 6.10. The quantitative estimate of drug-likeness (QED) is 0.557. The highest BCUT2D eigenvalue weighted by atomic mass is 32.2. The maximum atomic E-state index is 12.8. The first-order chi connectivity index (χ1) is 16.0. The second kappa shape index (κ2) is 9.69. The molecular formula is C23H32N6O2S2. The van der Waals surface area contributed by atoms with Crippen molar-refractivity contribution in [1.29, 1.82) is 0 Å². The van der Waals surface area contributed by atoms with E-state index in [2.05, 4.69) is 14.4 Å². The standard InChI is InChI=1S/C23H32N6O2S2/c30-33(31,18-11-20-7-3-1-4-8-20)27-16-14-25(15-17-27)19-28-23(32)29(21-9-10-21)22(24-28)26-12-5-2-6-13-26/h1,3-4,7-8,11,18,21H,2,5-6,9-10,12-17,19H2/b18-11+. The van der Waals surface area contributed by atoms with E-state index in [1.54, 1.807) is 10.4 Å². The van der Waals surface area contributed by atoms with E-state index in [4.69, 9.17) is 17.3 Å². The molecular weight excluding hydrogens is 456 g/mol. The van der Waals surface area contributed by atoms with Gasteiger partial charge in [-0.2, -0.15) is 4.31 Å². The zero-order valence-electron chi connectivity index (χ0n) is 18.9. The first kappa shape index (κ1) is 22.8. The number of anilines is 1. The summed E-state index contributed by atoms with van der Waals surface area (Å²) in [5.74, 6) is 1.02. The number of aromatic nitrogens is 3. The summed E-state index contributed by atoms with van der Waals surface area (Å²) in [5.41, 5.74) is 0.879. The number of benzene rings is 1. The van der Waals surface area contributed by atoms with Gasteiger partial charge < -0.3 is 4.90 Å². The van der Waals surface area contributed by atoms with Crippen molar-refractivity contribution in [3.05, 3.63) is 46.1 Å². The van der Waals surface area contributed by atoms with Gasteiger partial charge in [0.05, 0.1) is 6.67 Å². The fourth-order valence-electron chi connectivity index (χ4n) is 4.59. The van der Waals surface area contributed by atoms with E-state index in [0.717, 1.165) is 29.4 Å². The average molecular weight is 489 g/mol. The van der Waals surface area contributed by atoms with Crippen molar-refractivity contribution in [2.45, 2.75) is 44.8 Å². The number of piperazine rings is 1. The van der Waals surface area contributed by atoms with E-state index in [1.165, 1.54) is 37.5 Å². The molecule has 5 rings (SSSR count). The molecule has 2 saturated heterocycles. The van der Waals surface area contributed by atoms with Gasteiger partial charge in [0, 0.05) is 50.7 Å². The molecule has 0 spiro atoms. The zero-order chi connectivity index (χ0) is 22.8. The van der Waals surface area contributed by atoms with E-state index in [-0.39, 0.29) is 0 Å². The fraction of sp³-hybridized carbons (Fsp3) is 0.565. The van der Waals surface area contributed by atoms with Crippen molar-refractivity contribution in [2.24, 2.45) is 0 Å². The Balaban J connectivity index is 1.23. The summed E-state index contributed by atoms with van der Waals surface area (Å²) < 4.78 is 32.1. The third-order valence-electron chi connectivity index (χ3n) is 6.66. The molecule has 8 nitrogen and oxygen atoms in total. The Morgan fingerprint density at radius 1 is 0.970 bits per heavy atom. The third-order valence-corrected chi connectivity index (χ3v) is 8.63. The largest absolute Gasteiger partial charge is 0.341 e. The molecule has 1 aromatic heterocycles. The number of sulfonamides is 1. The molecule has 3 aliphatic rings. The predicted molar refractivity (Wildman–Crippen MR) is 133 cm³/mol. The van der Waals surface area contributed by atoms with E-state index >= 15 is 0 Å². The molecule has 1 aromatic carbocycles. The Labute approximate surface area is 201 Å². The van der Waals surface area contributed by atoms with E-state index in [0.29, 0.717) is 38.9 Å². The number of rotatable bonds is 7. The summed E-state index contributed by atoms with van der Waals surface area (Å²) in [4.78, 5) is 4.63. The second-order valence-electron chi connectivity index (χ2n) is 9.15. The minimum Gasteiger partial charge on any atom is -0.341 e. The lowest BCUT2D eigenvalue weighted by Gasteiger charge is -2.33. The smallest absolute Gasteiger partial charge is 0.236 e. The van der Waals surface area contributed by atoms with Crippen molar-refractivity contribution in [2.75, 3.05) is 44.2 Å². The van der Waals surface area contributed by atoms with E-state index in [9.17, 15) is 8.42 Å². The summed E-state index contributed by atoms with van der Waals surface area (Å²) in [6.45, 7) is 4.96.